The molecule has 0 atom stereocenters. The lowest BCUT2D eigenvalue weighted by Crippen LogP contribution is -2.39. The minimum atomic E-state index is -4.40. The Morgan fingerprint density at radius 2 is 1.19 bits per heavy atom. The molecule has 10 heteroatoms. The number of benzene rings is 4. The fraction of sp³-hybridized carbons (Fsp3) is 0. The van der Waals surface area contributed by atoms with Crippen molar-refractivity contribution in [1.82, 2.24) is 0 Å². The Morgan fingerprint density at radius 3 is 1.75 bits per heavy atom. The standard InChI is InChI=1S/C26H18ClNO7S/c27-23-18-19(16-17-24(23)35-26(30)34-21-12-6-2-7-13-21)28(25(29)33-20-10-4-1-5-11-20)36(31,32)22-14-8-3-9-15-22/h1-18H. The van der Waals surface area contributed by atoms with Gasteiger partial charge in [-0.25, -0.2) is 18.0 Å². The number of anilines is 1. The van der Waals surface area contributed by atoms with Gasteiger partial charge in [-0.3, -0.25) is 0 Å². The van der Waals surface area contributed by atoms with E-state index in [1.165, 1.54) is 54.6 Å². The highest BCUT2D eigenvalue weighted by molar-refractivity contribution is 7.93. The second kappa shape index (κ2) is 10.9. The van der Waals surface area contributed by atoms with Gasteiger partial charge in [0.25, 0.3) is 10.0 Å². The zero-order valence-electron chi connectivity index (χ0n) is 18.5. The van der Waals surface area contributed by atoms with Gasteiger partial charge in [0.2, 0.25) is 0 Å². The molecule has 36 heavy (non-hydrogen) atoms. The third-order valence-electron chi connectivity index (χ3n) is 4.68. The lowest BCUT2D eigenvalue weighted by molar-refractivity contribution is 0.152. The lowest BCUT2D eigenvalue weighted by Gasteiger charge is -2.22. The fourth-order valence-electron chi connectivity index (χ4n) is 3.07. The third-order valence-corrected chi connectivity index (χ3v) is 6.69. The second-order valence-corrected chi connectivity index (χ2v) is 9.34. The topological polar surface area (TPSA) is 99.2 Å². The maximum Gasteiger partial charge on any atom is 0.519 e. The molecule has 0 spiro atoms. The molecule has 0 aliphatic heterocycles. The molecule has 0 saturated heterocycles. The van der Waals surface area contributed by atoms with E-state index in [4.69, 9.17) is 25.8 Å². The van der Waals surface area contributed by atoms with Gasteiger partial charge in [0.15, 0.2) is 5.75 Å². The van der Waals surface area contributed by atoms with E-state index >= 15 is 0 Å². The first-order chi connectivity index (χ1) is 17.3. The first kappa shape index (κ1) is 24.8. The molecule has 0 bridgehead atoms. The summed E-state index contributed by atoms with van der Waals surface area (Å²) < 4.78 is 42.8. The maximum absolute atomic E-state index is 13.4. The Hall–Kier alpha value is -4.34. The molecule has 0 heterocycles. The largest absolute Gasteiger partial charge is 0.519 e. The minimum Gasteiger partial charge on any atom is -0.409 e. The van der Waals surface area contributed by atoms with Crippen LogP contribution in [0.4, 0.5) is 15.3 Å². The average molecular weight is 524 g/mol. The van der Waals surface area contributed by atoms with Crippen molar-refractivity contribution in [1.29, 1.82) is 0 Å². The molecule has 182 valence electrons. The van der Waals surface area contributed by atoms with Gasteiger partial charge in [-0.15, -0.1) is 0 Å². The normalized spacial score (nSPS) is 10.8. The first-order valence-corrected chi connectivity index (χ1v) is 12.3. The van der Waals surface area contributed by atoms with Gasteiger partial charge in [0.1, 0.15) is 11.5 Å². The van der Waals surface area contributed by atoms with Gasteiger partial charge >= 0.3 is 12.2 Å². The summed E-state index contributed by atoms with van der Waals surface area (Å²) in [5.41, 5.74) is -0.131. The number of carbonyl (C=O) groups is 2. The van der Waals surface area contributed by atoms with Crippen LogP contribution in [0.1, 0.15) is 0 Å². The molecule has 4 aromatic rings. The molecule has 4 aromatic carbocycles. The van der Waals surface area contributed by atoms with Crippen LogP contribution in [0.3, 0.4) is 0 Å². The van der Waals surface area contributed by atoms with Crippen LogP contribution in [0.5, 0.6) is 17.2 Å². The van der Waals surface area contributed by atoms with Crippen molar-refractivity contribution in [3.05, 3.63) is 114 Å². The second-order valence-electron chi connectivity index (χ2n) is 7.15. The van der Waals surface area contributed by atoms with E-state index in [-0.39, 0.29) is 32.9 Å². The fourth-order valence-corrected chi connectivity index (χ4v) is 4.62. The van der Waals surface area contributed by atoms with Crippen molar-refractivity contribution in [2.45, 2.75) is 4.90 Å². The number of hydrogen-bond donors (Lipinski definition) is 0. The highest BCUT2D eigenvalue weighted by Gasteiger charge is 2.33. The van der Waals surface area contributed by atoms with E-state index in [2.05, 4.69) is 0 Å². The molecular formula is C26H18ClNO7S. The zero-order valence-corrected chi connectivity index (χ0v) is 20.1. The van der Waals surface area contributed by atoms with Gasteiger partial charge in [-0.1, -0.05) is 66.2 Å². The molecular weight excluding hydrogens is 506 g/mol. The number of amides is 1. The summed E-state index contributed by atoms with van der Waals surface area (Å²) in [6.45, 7) is 0. The number of hydrogen-bond acceptors (Lipinski definition) is 7. The van der Waals surface area contributed by atoms with Crippen LogP contribution in [0.25, 0.3) is 0 Å². The summed E-state index contributed by atoms with van der Waals surface area (Å²) in [6.07, 6.45) is -2.23. The minimum absolute atomic E-state index is 0.102. The van der Waals surface area contributed by atoms with E-state index in [1.807, 2.05) is 0 Å². The van der Waals surface area contributed by atoms with E-state index in [1.54, 1.807) is 54.6 Å². The maximum atomic E-state index is 13.4. The number of rotatable bonds is 6. The summed E-state index contributed by atoms with van der Waals surface area (Å²) in [4.78, 5) is 25.1. The van der Waals surface area contributed by atoms with E-state index in [9.17, 15) is 18.0 Å². The molecule has 0 aliphatic rings. The van der Waals surface area contributed by atoms with Gasteiger partial charge in [-0.05, 0) is 54.6 Å². The summed E-state index contributed by atoms with van der Waals surface area (Å²) in [5.74, 6) is 0.305. The molecule has 0 unspecified atom stereocenters. The molecule has 0 saturated carbocycles. The van der Waals surface area contributed by atoms with E-state index < -0.39 is 22.3 Å². The van der Waals surface area contributed by atoms with Crippen LogP contribution in [-0.2, 0) is 10.0 Å². The molecule has 8 nitrogen and oxygen atoms in total. The Bertz CT molecular complexity index is 1460. The van der Waals surface area contributed by atoms with Crippen molar-refractivity contribution in [3.63, 3.8) is 0 Å². The number of ether oxygens (including phenoxy) is 3. The van der Waals surface area contributed by atoms with Gasteiger partial charge < -0.3 is 14.2 Å². The van der Waals surface area contributed by atoms with Gasteiger partial charge in [-0.2, -0.15) is 4.31 Å². The van der Waals surface area contributed by atoms with Crippen LogP contribution in [0.2, 0.25) is 5.02 Å². The van der Waals surface area contributed by atoms with E-state index in [0.29, 0.717) is 4.31 Å². The molecule has 0 aromatic heterocycles. The summed E-state index contributed by atoms with van der Waals surface area (Å²) in [7, 11) is -4.40. The van der Waals surface area contributed by atoms with Crippen molar-refractivity contribution in [2.75, 3.05) is 4.31 Å². The Labute approximate surface area is 212 Å². The van der Waals surface area contributed by atoms with Crippen LogP contribution in [0, 0.1) is 0 Å². The number of halogens is 1. The monoisotopic (exact) mass is 523 g/mol. The molecule has 0 fully saturated rings. The van der Waals surface area contributed by atoms with Crippen LogP contribution >= 0.6 is 11.6 Å². The van der Waals surface area contributed by atoms with E-state index in [0.717, 1.165) is 0 Å². The molecule has 0 aliphatic carbocycles. The average Bonchev–Trinajstić information content (AvgIpc) is 2.87. The summed E-state index contributed by atoms with van der Waals surface area (Å²) in [6, 6.07) is 27.3. The lowest BCUT2D eigenvalue weighted by atomic mass is 10.3. The predicted octanol–water partition coefficient (Wildman–Crippen LogP) is 6.31. The molecule has 1 amide bonds. The SMILES string of the molecule is O=C(Oc1ccccc1)Oc1ccc(N(C(=O)Oc2ccccc2)S(=O)(=O)c2ccccc2)cc1Cl. The third kappa shape index (κ3) is 5.83. The first-order valence-electron chi connectivity index (χ1n) is 10.5. The van der Waals surface area contributed by atoms with Gasteiger partial charge in [0, 0.05) is 0 Å². The Morgan fingerprint density at radius 1 is 0.667 bits per heavy atom. The Balaban J connectivity index is 1.64. The highest BCUT2D eigenvalue weighted by atomic mass is 35.5. The van der Waals surface area contributed by atoms with Crippen LogP contribution < -0.4 is 18.5 Å². The van der Waals surface area contributed by atoms with Crippen molar-refractivity contribution < 1.29 is 32.2 Å². The number of sulfonamides is 1. The van der Waals surface area contributed by atoms with Gasteiger partial charge in [0.05, 0.1) is 15.6 Å². The van der Waals surface area contributed by atoms with Crippen LogP contribution in [0.15, 0.2) is 114 Å². The quantitative estimate of drug-likeness (QED) is 0.215. The number of para-hydroxylation sites is 2. The molecule has 0 radical (unpaired) electrons. The van der Waals surface area contributed by atoms with Crippen molar-refractivity contribution >= 4 is 39.6 Å². The summed E-state index contributed by atoms with van der Waals surface area (Å²) in [5, 5.41) is -0.140. The van der Waals surface area contributed by atoms with Crippen molar-refractivity contribution in [3.8, 4) is 17.2 Å². The Kier molecular flexibility index (Phi) is 7.53. The molecule has 4 rings (SSSR count). The number of carbonyl (C=O) groups excluding carboxylic acids is 2. The summed E-state index contributed by atoms with van der Waals surface area (Å²) >= 11 is 6.28. The smallest absolute Gasteiger partial charge is 0.409 e. The highest BCUT2D eigenvalue weighted by Crippen LogP contribution is 2.33. The molecule has 0 N–H and O–H groups in total. The number of nitrogens with zero attached hydrogens (tertiary/aromatic N) is 1. The van der Waals surface area contributed by atoms with Crippen LogP contribution in [-0.4, -0.2) is 20.7 Å². The van der Waals surface area contributed by atoms with Crippen molar-refractivity contribution in [2.24, 2.45) is 0 Å². The predicted molar refractivity (Wildman–Crippen MR) is 133 cm³/mol. The zero-order chi connectivity index (χ0) is 25.5.